The van der Waals surface area contributed by atoms with E-state index in [2.05, 4.69) is 19.2 Å². The van der Waals surface area contributed by atoms with Gasteiger partial charge in [0.05, 0.1) is 0 Å². The van der Waals surface area contributed by atoms with Crippen LogP contribution in [-0.4, -0.2) is 35.1 Å². The van der Waals surface area contributed by atoms with Crippen LogP contribution < -0.4 is 5.32 Å². The lowest BCUT2D eigenvalue weighted by atomic mass is 9.83. The van der Waals surface area contributed by atoms with E-state index >= 15 is 0 Å². The van der Waals surface area contributed by atoms with Gasteiger partial charge < -0.3 is 15.3 Å². The minimum absolute atomic E-state index is 0.252. The molecule has 114 valence electrons. The number of carboxylic acid groups (broad SMARTS) is 1. The van der Waals surface area contributed by atoms with Crippen LogP contribution in [-0.2, 0) is 4.79 Å². The summed E-state index contributed by atoms with van der Waals surface area (Å²) >= 11 is 0. The summed E-state index contributed by atoms with van der Waals surface area (Å²) in [5, 5.41) is 11.9. The van der Waals surface area contributed by atoms with Crippen molar-refractivity contribution in [3.8, 4) is 0 Å². The molecule has 21 heavy (non-hydrogen) atoms. The van der Waals surface area contributed by atoms with Gasteiger partial charge in [0.2, 0.25) is 0 Å². The van der Waals surface area contributed by atoms with Crippen LogP contribution in [0.25, 0.3) is 0 Å². The second-order valence-electron chi connectivity index (χ2n) is 6.28. The molecule has 2 N–H and O–H groups in total. The largest absolute Gasteiger partial charge is 0.479 e. The highest BCUT2D eigenvalue weighted by molar-refractivity contribution is 5.83. The predicted molar refractivity (Wildman–Crippen MR) is 79.9 cm³/mol. The lowest BCUT2D eigenvalue weighted by molar-refractivity contribution is -0.139. The second kappa shape index (κ2) is 6.16. The van der Waals surface area contributed by atoms with Gasteiger partial charge in [-0.3, -0.25) is 0 Å². The fraction of sp³-hybridized carbons (Fsp3) is 0.500. The maximum atomic E-state index is 12.2. The fourth-order valence-electron chi connectivity index (χ4n) is 2.46. The van der Waals surface area contributed by atoms with Crippen molar-refractivity contribution >= 4 is 12.0 Å². The number of rotatable bonds is 3. The topological polar surface area (TPSA) is 69.6 Å². The van der Waals surface area contributed by atoms with E-state index in [9.17, 15) is 14.7 Å². The van der Waals surface area contributed by atoms with Crippen molar-refractivity contribution in [2.24, 2.45) is 5.41 Å². The summed E-state index contributed by atoms with van der Waals surface area (Å²) < 4.78 is 0. The van der Waals surface area contributed by atoms with E-state index in [1.807, 2.05) is 6.07 Å². The molecule has 0 spiro atoms. The summed E-state index contributed by atoms with van der Waals surface area (Å²) in [5.74, 6) is -1.05. The number of likely N-dealkylation sites (tertiary alicyclic amines) is 1. The SMILES string of the molecule is CC1(C)CCN(C(=O)N[C@H](C(=O)O)c2ccccc2)CC1. The van der Waals surface area contributed by atoms with E-state index in [1.54, 1.807) is 29.2 Å². The third-order valence-corrected chi connectivity index (χ3v) is 4.05. The summed E-state index contributed by atoms with van der Waals surface area (Å²) in [4.78, 5) is 25.3. The van der Waals surface area contributed by atoms with E-state index in [0.29, 0.717) is 18.7 Å². The van der Waals surface area contributed by atoms with Gasteiger partial charge in [-0.2, -0.15) is 0 Å². The van der Waals surface area contributed by atoms with Gasteiger partial charge in [0.15, 0.2) is 6.04 Å². The zero-order chi connectivity index (χ0) is 15.5. The van der Waals surface area contributed by atoms with Gasteiger partial charge in [-0.25, -0.2) is 9.59 Å². The molecule has 0 bridgehead atoms. The van der Waals surface area contributed by atoms with Crippen LogP contribution in [0.4, 0.5) is 4.79 Å². The summed E-state index contributed by atoms with van der Waals surface area (Å²) in [6, 6.07) is 7.45. The number of piperidine rings is 1. The molecule has 0 aromatic heterocycles. The summed E-state index contributed by atoms with van der Waals surface area (Å²) in [6.07, 6.45) is 1.87. The molecule has 1 heterocycles. The monoisotopic (exact) mass is 290 g/mol. The lowest BCUT2D eigenvalue weighted by Gasteiger charge is -2.37. The molecule has 5 nitrogen and oxygen atoms in total. The Bertz CT molecular complexity index is 504. The Balaban J connectivity index is 2.01. The number of hydrogen-bond acceptors (Lipinski definition) is 2. The average Bonchev–Trinajstić information content (AvgIpc) is 2.45. The molecule has 0 aliphatic carbocycles. The molecule has 5 heteroatoms. The minimum atomic E-state index is -1.05. The molecular formula is C16H22N2O3. The molecule has 0 unspecified atom stereocenters. The molecule has 2 rings (SSSR count). The maximum Gasteiger partial charge on any atom is 0.330 e. The smallest absolute Gasteiger partial charge is 0.330 e. The first-order chi connectivity index (χ1) is 9.89. The third-order valence-electron chi connectivity index (χ3n) is 4.05. The Morgan fingerprint density at radius 3 is 2.29 bits per heavy atom. The average molecular weight is 290 g/mol. The van der Waals surface area contributed by atoms with Crippen molar-refractivity contribution in [1.82, 2.24) is 10.2 Å². The number of nitrogens with one attached hydrogen (secondary N) is 1. The number of amides is 2. The Kier molecular flexibility index (Phi) is 4.50. The van der Waals surface area contributed by atoms with Crippen LogP contribution in [0.3, 0.4) is 0 Å². The zero-order valence-electron chi connectivity index (χ0n) is 12.5. The third kappa shape index (κ3) is 3.97. The zero-order valence-corrected chi connectivity index (χ0v) is 12.5. The van der Waals surface area contributed by atoms with Crippen LogP contribution in [0.2, 0.25) is 0 Å². The number of nitrogens with zero attached hydrogens (tertiary/aromatic N) is 1. The molecule has 1 aliphatic rings. The number of carbonyl (C=O) groups is 2. The molecule has 1 saturated heterocycles. The number of carboxylic acids is 1. The highest BCUT2D eigenvalue weighted by atomic mass is 16.4. The van der Waals surface area contributed by atoms with Crippen molar-refractivity contribution in [2.45, 2.75) is 32.7 Å². The van der Waals surface area contributed by atoms with E-state index in [-0.39, 0.29) is 11.4 Å². The molecule has 1 aromatic carbocycles. The first-order valence-corrected chi connectivity index (χ1v) is 7.22. The number of carbonyl (C=O) groups excluding carboxylic acids is 1. The van der Waals surface area contributed by atoms with Gasteiger partial charge in [-0.15, -0.1) is 0 Å². The Morgan fingerprint density at radius 1 is 1.19 bits per heavy atom. The normalized spacial score (nSPS) is 18.9. The number of urea groups is 1. The van der Waals surface area contributed by atoms with E-state index in [4.69, 9.17) is 0 Å². The summed E-state index contributed by atoms with van der Waals surface area (Å²) in [5.41, 5.74) is 0.832. The Hall–Kier alpha value is -2.04. The maximum absolute atomic E-state index is 12.2. The molecule has 0 radical (unpaired) electrons. The van der Waals surface area contributed by atoms with Gasteiger partial charge in [0.1, 0.15) is 0 Å². The van der Waals surface area contributed by atoms with Crippen molar-refractivity contribution in [1.29, 1.82) is 0 Å². The summed E-state index contributed by atoms with van der Waals surface area (Å²) in [6.45, 7) is 5.71. The first-order valence-electron chi connectivity index (χ1n) is 7.22. The lowest BCUT2D eigenvalue weighted by Crippen LogP contribution is -2.48. The van der Waals surface area contributed by atoms with E-state index in [0.717, 1.165) is 12.8 Å². The second-order valence-corrected chi connectivity index (χ2v) is 6.28. The van der Waals surface area contributed by atoms with Crippen LogP contribution in [0.15, 0.2) is 30.3 Å². The van der Waals surface area contributed by atoms with Crippen molar-refractivity contribution < 1.29 is 14.7 Å². The standard InChI is InChI=1S/C16H22N2O3/c1-16(2)8-10-18(11-9-16)15(21)17-13(14(19)20)12-6-4-3-5-7-12/h3-7,13H,8-11H2,1-2H3,(H,17,21)(H,19,20)/t13-/m0/s1. The number of hydrogen-bond donors (Lipinski definition) is 2. The van der Waals surface area contributed by atoms with Crippen LogP contribution in [0.1, 0.15) is 38.3 Å². The fourth-order valence-corrected chi connectivity index (χ4v) is 2.46. The van der Waals surface area contributed by atoms with Crippen LogP contribution in [0, 0.1) is 5.41 Å². The Labute approximate surface area is 125 Å². The van der Waals surface area contributed by atoms with Gasteiger partial charge in [-0.1, -0.05) is 44.2 Å². The van der Waals surface area contributed by atoms with Gasteiger partial charge in [0, 0.05) is 13.1 Å². The van der Waals surface area contributed by atoms with E-state index in [1.165, 1.54) is 0 Å². The highest BCUT2D eigenvalue weighted by Crippen LogP contribution is 2.29. The van der Waals surface area contributed by atoms with Crippen molar-refractivity contribution in [2.75, 3.05) is 13.1 Å². The van der Waals surface area contributed by atoms with E-state index < -0.39 is 12.0 Å². The number of benzene rings is 1. The Morgan fingerprint density at radius 2 is 1.76 bits per heavy atom. The molecule has 1 atom stereocenters. The minimum Gasteiger partial charge on any atom is -0.479 e. The summed E-state index contributed by atoms with van der Waals surface area (Å²) in [7, 11) is 0. The molecule has 2 amide bonds. The van der Waals surface area contributed by atoms with Crippen LogP contribution in [0.5, 0.6) is 0 Å². The predicted octanol–water partition coefficient (Wildman–Crippen LogP) is 2.64. The highest BCUT2D eigenvalue weighted by Gasteiger charge is 2.30. The van der Waals surface area contributed by atoms with Crippen molar-refractivity contribution in [3.63, 3.8) is 0 Å². The first kappa shape index (κ1) is 15.4. The molecule has 1 aliphatic heterocycles. The molecular weight excluding hydrogens is 268 g/mol. The molecule has 1 aromatic rings. The quantitative estimate of drug-likeness (QED) is 0.899. The molecule has 1 fully saturated rings. The molecule has 0 saturated carbocycles. The van der Waals surface area contributed by atoms with Crippen LogP contribution >= 0.6 is 0 Å². The van der Waals surface area contributed by atoms with Gasteiger partial charge >= 0.3 is 12.0 Å². The van der Waals surface area contributed by atoms with Crippen molar-refractivity contribution in [3.05, 3.63) is 35.9 Å². The van der Waals surface area contributed by atoms with Gasteiger partial charge in [-0.05, 0) is 23.8 Å². The van der Waals surface area contributed by atoms with Gasteiger partial charge in [0.25, 0.3) is 0 Å². The number of aliphatic carboxylic acids is 1.